The summed E-state index contributed by atoms with van der Waals surface area (Å²) in [6.07, 6.45) is 2.52. The molecule has 1 aromatic heterocycles. The van der Waals surface area contributed by atoms with E-state index in [1.165, 1.54) is 6.08 Å². The van der Waals surface area contributed by atoms with Gasteiger partial charge in [-0.1, -0.05) is 12.1 Å². The van der Waals surface area contributed by atoms with Crippen LogP contribution in [0, 0.1) is 0 Å². The Morgan fingerprint density at radius 3 is 2.94 bits per heavy atom. The van der Waals surface area contributed by atoms with Crippen LogP contribution in [-0.4, -0.2) is 26.4 Å². The van der Waals surface area contributed by atoms with Crippen LogP contribution in [0.25, 0.3) is 6.08 Å². The highest BCUT2D eigenvalue weighted by Crippen LogP contribution is 2.14. The van der Waals surface area contributed by atoms with Crippen LogP contribution in [0.1, 0.15) is 17.3 Å². The monoisotopic (exact) mass is 246 g/mol. The van der Waals surface area contributed by atoms with Gasteiger partial charge in [0.05, 0.1) is 6.42 Å². The highest BCUT2D eigenvalue weighted by molar-refractivity contribution is 5.84. The molecule has 0 saturated heterocycles. The summed E-state index contributed by atoms with van der Waals surface area (Å²) in [5.74, 6) is -0.432. The zero-order valence-electron chi connectivity index (χ0n) is 9.28. The second-order valence-electron chi connectivity index (χ2n) is 3.55. The van der Waals surface area contributed by atoms with Crippen molar-refractivity contribution < 1.29 is 19.4 Å². The molecule has 0 aliphatic heterocycles. The van der Waals surface area contributed by atoms with Crippen LogP contribution in [0.2, 0.25) is 0 Å². The van der Waals surface area contributed by atoms with Crippen LogP contribution in [0.5, 0.6) is 5.75 Å². The third-order valence-corrected chi connectivity index (χ3v) is 2.12. The van der Waals surface area contributed by atoms with Crippen molar-refractivity contribution in [2.75, 3.05) is 0 Å². The van der Waals surface area contributed by atoms with Crippen LogP contribution in [0.4, 0.5) is 0 Å². The maximum atomic E-state index is 10.3. The number of benzene rings is 1. The Bertz CT molecular complexity index is 589. The largest absolute Gasteiger partial charge is 0.508 e. The molecule has 0 atom stereocenters. The maximum absolute atomic E-state index is 10.3. The fourth-order valence-electron chi connectivity index (χ4n) is 1.39. The van der Waals surface area contributed by atoms with Gasteiger partial charge in [-0.2, -0.15) is 0 Å². The molecule has 0 amide bonds. The van der Waals surface area contributed by atoms with Gasteiger partial charge in [0.15, 0.2) is 0 Å². The lowest BCUT2D eigenvalue weighted by molar-refractivity contribution is -0.131. The molecule has 2 aromatic rings. The van der Waals surface area contributed by atoms with E-state index in [1.54, 1.807) is 18.2 Å². The first kappa shape index (κ1) is 11.8. The van der Waals surface area contributed by atoms with E-state index >= 15 is 0 Å². The number of aromatic nitrogens is 2. The number of carbonyl (C=O) groups is 1. The summed E-state index contributed by atoms with van der Waals surface area (Å²) in [6.45, 7) is 0. The fourth-order valence-corrected chi connectivity index (χ4v) is 1.39. The Hall–Kier alpha value is -2.63. The maximum Gasteiger partial charge on any atom is 0.328 e. The van der Waals surface area contributed by atoms with Crippen molar-refractivity contribution in [1.29, 1.82) is 0 Å². The number of hydrogen-bond donors (Lipinski definition) is 2. The van der Waals surface area contributed by atoms with Crippen molar-refractivity contribution in [3.05, 3.63) is 47.7 Å². The zero-order chi connectivity index (χ0) is 13.0. The predicted octanol–water partition coefficient (Wildman–Crippen LogP) is 1.46. The first-order valence-corrected chi connectivity index (χ1v) is 5.15. The molecule has 1 heterocycles. The van der Waals surface area contributed by atoms with E-state index in [4.69, 9.17) is 9.52 Å². The van der Waals surface area contributed by atoms with E-state index in [0.717, 1.165) is 11.6 Å². The summed E-state index contributed by atoms with van der Waals surface area (Å²) in [4.78, 5) is 10.3. The predicted molar refractivity (Wildman–Crippen MR) is 61.9 cm³/mol. The molecule has 1 aromatic carbocycles. The molecule has 0 aliphatic rings. The lowest BCUT2D eigenvalue weighted by Gasteiger charge is -1.97. The van der Waals surface area contributed by atoms with Crippen molar-refractivity contribution in [2.45, 2.75) is 6.42 Å². The highest BCUT2D eigenvalue weighted by Gasteiger charge is 2.05. The van der Waals surface area contributed by atoms with Gasteiger partial charge in [-0.05, 0) is 17.7 Å². The quantitative estimate of drug-likeness (QED) is 0.793. The van der Waals surface area contributed by atoms with Crippen molar-refractivity contribution in [3.63, 3.8) is 0 Å². The summed E-state index contributed by atoms with van der Waals surface area (Å²) < 4.78 is 5.22. The van der Waals surface area contributed by atoms with Crippen LogP contribution in [0.3, 0.4) is 0 Å². The van der Waals surface area contributed by atoms with Crippen LogP contribution < -0.4 is 0 Å². The van der Waals surface area contributed by atoms with Crippen molar-refractivity contribution in [3.8, 4) is 5.75 Å². The number of nitrogens with zero attached hydrogens (tertiary/aromatic N) is 2. The number of aliphatic carboxylic acids is 1. The molecule has 2 rings (SSSR count). The van der Waals surface area contributed by atoms with E-state index in [-0.39, 0.29) is 11.6 Å². The molecular formula is C12H10N2O4. The Morgan fingerprint density at radius 1 is 1.39 bits per heavy atom. The van der Waals surface area contributed by atoms with Crippen LogP contribution in [-0.2, 0) is 11.2 Å². The normalized spacial score (nSPS) is 10.9. The van der Waals surface area contributed by atoms with Gasteiger partial charge in [0.25, 0.3) is 0 Å². The molecule has 0 bridgehead atoms. The topological polar surface area (TPSA) is 96.5 Å². The minimum Gasteiger partial charge on any atom is -0.508 e. The van der Waals surface area contributed by atoms with Gasteiger partial charge in [-0.15, -0.1) is 10.2 Å². The Kier molecular flexibility index (Phi) is 3.38. The SMILES string of the molecule is O=C(O)/C=C/c1nnc(Cc2cccc(O)c2)o1. The summed E-state index contributed by atoms with van der Waals surface area (Å²) in [6, 6.07) is 6.69. The van der Waals surface area contributed by atoms with Gasteiger partial charge in [0.1, 0.15) is 5.75 Å². The molecule has 6 nitrogen and oxygen atoms in total. The van der Waals surface area contributed by atoms with E-state index in [0.29, 0.717) is 12.3 Å². The van der Waals surface area contributed by atoms with Crippen LogP contribution >= 0.6 is 0 Å². The van der Waals surface area contributed by atoms with Crippen LogP contribution in [0.15, 0.2) is 34.8 Å². The van der Waals surface area contributed by atoms with Crippen molar-refractivity contribution in [1.82, 2.24) is 10.2 Å². The number of carboxylic acid groups (broad SMARTS) is 1. The van der Waals surface area contributed by atoms with Gasteiger partial charge >= 0.3 is 5.97 Å². The average molecular weight is 246 g/mol. The first-order valence-electron chi connectivity index (χ1n) is 5.15. The molecule has 0 fully saturated rings. The molecule has 0 spiro atoms. The lowest BCUT2D eigenvalue weighted by Crippen LogP contribution is -1.87. The smallest absolute Gasteiger partial charge is 0.328 e. The molecule has 0 unspecified atom stereocenters. The molecule has 2 N–H and O–H groups in total. The van der Waals surface area contributed by atoms with E-state index in [2.05, 4.69) is 10.2 Å². The fraction of sp³-hybridized carbons (Fsp3) is 0.0833. The summed E-state index contributed by atoms with van der Waals surface area (Å²) in [5.41, 5.74) is 0.826. The van der Waals surface area contributed by atoms with Crippen molar-refractivity contribution >= 4 is 12.0 Å². The summed E-state index contributed by atoms with van der Waals surface area (Å²) in [5, 5.41) is 25.2. The van der Waals surface area contributed by atoms with E-state index in [1.807, 2.05) is 6.07 Å². The van der Waals surface area contributed by atoms with E-state index < -0.39 is 5.97 Å². The molecule has 0 saturated carbocycles. The molecule has 6 heteroatoms. The third-order valence-electron chi connectivity index (χ3n) is 2.12. The Balaban J connectivity index is 2.09. The van der Waals surface area contributed by atoms with Gasteiger partial charge in [-0.3, -0.25) is 0 Å². The zero-order valence-corrected chi connectivity index (χ0v) is 9.28. The minimum absolute atomic E-state index is 0.132. The van der Waals surface area contributed by atoms with Gasteiger partial charge in [0, 0.05) is 12.2 Å². The van der Waals surface area contributed by atoms with Gasteiger partial charge < -0.3 is 14.6 Å². The van der Waals surface area contributed by atoms with Gasteiger partial charge in [-0.25, -0.2) is 4.79 Å². The number of rotatable bonds is 4. The summed E-state index contributed by atoms with van der Waals surface area (Å²) in [7, 11) is 0. The number of carboxylic acids is 1. The minimum atomic E-state index is -1.08. The molecule has 0 aliphatic carbocycles. The Morgan fingerprint density at radius 2 is 2.22 bits per heavy atom. The third kappa shape index (κ3) is 3.18. The second kappa shape index (κ2) is 5.13. The molecular weight excluding hydrogens is 236 g/mol. The summed E-state index contributed by atoms with van der Waals surface area (Å²) >= 11 is 0. The molecule has 0 radical (unpaired) electrons. The number of aromatic hydroxyl groups is 1. The number of hydrogen-bond acceptors (Lipinski definition) is 5. The highest BCUT2D eigenvalue weighted by atomic mass is 16.4. The Labute approximate surface area is 102 Å². The van der Waals surface area contributed by atoms with Crippen molar-refractivity contribution in [2.24, 2.45) is 0 Å². The average Bonchev–Trinajstić information content (AvgIpc) is 2.74. The molecule has 92 valence electrons. The first-order chi connectivity index (χ1) is 8.63. The number of phenols is 1. The number of phenolic OH excluding ortho intramolecular Hbond substituents is 1. The lowest BCUT2D eigenvalue weighted by atomic mass is 10.1. The van der Waals surface area contributed by atoms with E-state index in [9.17, 15) is 9.90 Å². The standard InChI is InChI=1S/C12H10N2O4/c15-9-3-1-2-8(6-9)7-11-14-13-10(18-11)4-5-12(16)17/h1-6,15H,7H2,(H,16,17)/b5-4+. The second-order valence-corrected chi connectivity index (χ2v) is 3.55. The van der Waals surface area contributed by atoms with Gasteiger partial charge in [0.2, 0.25) is 11.8 Å². The molecule has 18 heavy (non-hydrogen) atoms.